The predicted octanol–water partition coefficient (Wildman–Crippen LogP) is 0.0773. The third-order valence-corrected chi connectivity index (χ3v) is 12.9. The lowest BCUT2D eigenvalue weighted by Crippen LogP contribution is -2.81. The Morgan fingerprint density at radius 3 is 2.33 bits per heavy atom. The highest BCUT2D eigenvalue weighted by atomic mass is 16.6. The second kappa shape index (κ2) is 9.91. The quantitative estimate of drug-likeness (QED) is 0.300. The molecule has 4 N–H and O–H groups in total. The van der Waals surface area contributed by atoms with E-state index in [0.29, 0.717) is 25.1 Å². The first-order chi connectivity index (χ1) is 20.6. The lowest BCUT2D eigenvalue weighted by Gasteiger charge is -2.70. The fourth-order valence-electron chi connectivity index (χ4n) is 11.9. The highest BCUT2D eigenvalue weighted by molar-refractivity contribution is 5.89. The molecule has 5 saturated carbocycles. The summed E-state index contributed by atoms with van der Waals surface area (Å²) in [6.07, 6.45) is -5.27. The van der Waals surface area contributed by atoms with E-state index in [4.69, 9.17) is 23.7 Å². The lowest BCUT2D eigenvalue weighted by molar-refractivity contribution is -0.320. The van der Waals surface area contributed by atoms with Crippen molar-refractivity contribution >= 4 is 5.97 Å². The van der Waals surface area contributed by atoms with Crippen LogP contribution in [0.1, 0.15) is 30.1 Å². The van der Waals surface area contributed by atoms with E-state index in [2.05, 4.69) is 11.8 Å². The van der Waals surface area contributed by atoms with Crippen molar-refractivity contribution in [3.8, 4) is 0 Å². The number of fused-ring (bicyclic) bond motifs is 2. The number of piperidine rings is 1. The van der Waals surface area contributed by atoms with Crippen LogP contribution in [0, 0.1) is 34.5 Å². The van der Waals surface area contributed by atoms with Gasteiger partial charge in [0, 0.05) is 76.0 Å². The standard InChI is InChI=1S/C32H45NO10/c1-6-33-14-29(15-39-2)18(34)12-19(40-3)31-17-13-30(37)26(43-28(36)16-10-8-7-9-11-16)20(17)32(38,25(35)27(30)42-5)21(24(31)33)22(41-4)23(29)31/h7-11,17-27,34-35,37-38H,6,12-15H2,1-5H3. The highest BCUT2D eigenvalue weighted by Crippen LogP contribution is 2.80. The Kier molecular flexibility index (Phi) is 6.92. The Morgan fingerprint density at radius 2 is 1.72 bits per heavy atom. The number of nitrogens with zero attached hydrogens (tertiary/aromatic N) is 1. The number of hydrogen-bond donors (Lipinski definition) is 4. The Hall–Kier alpha value is -1.67. The minimum Gasteiger partial charge on any atom is -0.455 e. The van der Waals surface area contributed by atoms with Gasteiger partial charge in [0.25, 0.3) is 0 Å². The van der Waals surface area contributed by atoms with Crippen molar-refractivity contribution in [1.82, 2.24) is 4.90 Å². The van der Waals surface area contributed by atoms with Crippen molar-refractivity contribution in [1.29, 1.82) is 0 Å². The number of carbonyl (C=O) groups is 1. The monoisotopic (exact) mass is 603 g/mol. The Morgan fingerprint density at radius 1 is 1.00 bits per heavy atom. The summed E-state index contributed by atoms with van der Waals surface area (Å²) >= 11 is 0. The number of hydrogen-bond acceptors (Lipinski definition) is 11. The number of likely N-dealkylation sites (tertiary alicyclic amines) is 1. The molecule has 1 aromatic carbocycles. The maximum absolute atomic E-state index is 13.6. The molecule has 1 heterocycles. The zero-order valence-electron chi connectivity index (χ0n) is 25.5. The molecule has 43 heavy (non-hydrogen) atoms. The molecule has 0 aromatic heterocycles. The first kappa shape index (κ1) is 30.0. The second-order valence-electron chi connectivity index (χ2n) is 13.9. The van der Waals surface area contributed by atoms with E-state index in [1.807, 2.05) is 0 Å². The van der Waals surface area contributed by atoms with Gasteiger partial charge in [0.05, 0.1) is 30.5 Å². The number of methoxy groups -OCH3 is 4. The Bertz CT molecular complexity index is 1250. The zero-order valence-corrected chi connectivity index (χ0v) is 25.5. The Labute approximate surface area is 252 Å². The van der Waals surface area contributed by atoms with Gasteiger partial charge in [0.1, 0.15) is 29.5 Å². The van der Waals surface area contributed by atoms with Crippen LogP contribution in [0.25, 0.3) is 0 Å². The van der Waals surface area contributed by atoms with E-state index in [0.717, 1.165) is 0 Å². The molecule has 1 spiro atoms. The first-order valence-corrected chi connectivity index (χ1v) is 15.5. The van der Waals surface area contributed by atoms with Gasteiger partial charge < -0.3 is 44.1 Å². The summed E-state index contributed by atoms with van der Waals surface area (Å²) in [7, 11) is 6.29. The molecule has 0 radical (unpaired) electrons. The van der Waals surface area contributed by atoms with Gasteiger partial charge in [-0.05, 0) is 31.0 Å². The van der Waals surface area contributed by atoms with E-state index in [1.165, 1.54) is 7.11 Å². The van der Waals surface area contributed by atoms with Crippen LogP contribution in [0.15, 0.2) is 30.3 Å². The normalized spacial score (nSPS) is 52.7. The fourth-order valence-corrected chi connectivity index (χ4v) is 11.9. The summed E-state index contributed by atoms with van der Waals surface area (Å²) in [6, 6.07) is 8.25. The van der Waals surface area contributed by atoms with Crippen LogP contribution in [0.3, 0.4) is 0 Å². The molecule has 1 aliphatic heterocycles. The summed E-state index contributed by atoms with van der Waals surface area (Å²) in [5, 5.41) is 49.7. The second-order valence-corrected chi connectivity index (χ2v) is 13.9. The summed E-state index contributed by atoms with van der Waals surface area (Å²) in [5.41, 5.74) is -4.81. The molecular formula is C32H45NO10. The van der Waals surface area contributed by atoms with Gasteiger partial charge in [-0.25, -0.2) is 4.79 Å². The van der Waals surface area contributed by atoms with Gasteiger partial charge in [-0.2, -0.15) is 0 Å². The molecule has 15 unspecified atom stereocenters. The highest BCUT2D eigenvalue weighted by Gasteiger charge is 2.91. The van der Waals surface area contributed by atoms with Gasteiger partial charge >= 0.3 is 5.97 Å². The number of aliphatic hydroxyl groups excluding tert-OH is 2. The largest absolute Gasteiger partial charge is 0.455 e. The average Bonchev–Trinajstić information content (AvgIpc) is 3.39. The number of aliphatic hydroxyl groups is 4. The van der Waals surface area contributed by atoms with Crippen LogP contribution in [-0.2, 0) is 23.7 Å². The first-order valence-electron chi connectivity index (χ1n) is 15.5. The van der Waals surface area contributed by atoms with Gasteiger partial charge in [-0.1, -0.05) is 25.1 Å². The molecule has 15 atom stereocenters. The molecule has 1 aromatic rings. The molecule has 1 saturated heterocycles. The third kappa shape index (κ3) is 3.28. The van der Waals surface area contributed by atoms with Crippen molar-refractivity contribution in [3.63, 3.8) is 0 Å². The third-order valence-electron chi connectivity index (χ3n) is 12.9. The molecule has 6 aliphatic rings. The molecule has 11 heteroatoms. The maximum Gasteiger partial charge on any atom is 0.338 e. The average molecular weight is 604 g/mol. The van der Waals surface area contributed by atoms with Crippen LogP contribution in [0.4, 0.5) is 0 Å². The van der Waals surface area contributed by atoms with Crippen LogP contribution in [-0.4, -0.2) is 133 Å². The Balaban J connectivity index is 1.48. The van der Waals surface area contributed by atoms with Crippen LogP contribution in [0.5, 0.6) is 0 Å². The number of ether oxygens (including phenoxy) is 5. The zero-order chi connectivity index (χ0) is 30.7. The number of carbonyl (C=O) groups excluding carboxylic acids is 1. The van der Waals surface area contributed by atoms with Crippen molar-refractivity contribution in [2.24, 2.45) is 34.5 Å². The van der Waals surface area contributed by atoms with Gasteiger partial charge in [0.2, 0.25) is 0 Å². The van der Waals surface area contributed by atoms with E-state index >= 15 is 0 Å². The van der Waals surface area contributed by atoms with Gasteiger partial charge in [0.15, 0.2) is 0 Å². The molecule has 6 fully saturated rings. The van der Waals surface area contributed by atoms with E-state index in [-0.39, 0.29) is 25.0 Å². The predicted molar refractivity (Wildman–Crippen MR) is 151 cm³/mol. The number of esters is 1. The molecule has 11 nitrogen and oxygen atoms in total. The lowest BCUT2D eigenvalue weighted by atomic mass is 9.42. The maximum atomic E-state index is 13.6. The molecule has 0 amide bonds. The molecule has 7 bridgehead atoms. The van der Waals surface area contributed by atoms with Crippen molar-refractivity contribution < 1.29 is 48.9 Å². The molecule has 7 rings (SSSR count). The van der Waals surface area contributed by atoms with E-state index in [9.17, 15) is 25.2 Å². The minimum atomic E-state index is -1.86. The molecule has 5 aliphatic carbocycles. The smallest absolute Gasteiger partial charge is 0.338 e. The van der Waals surface area contributed by atoms with Crippen molar-refractivity contribution in [2.75, 3.05) is 48.1 Å². The summed E-state index contributed by atoms with van der Waals surface area (Å²) in [6.45, 7) is 3.46. The topological polar surface area (TPSA) is 147 Å². The van der Waals surface area contributed by atoms with Crippen LogP contribution >= 0.6 is 0 Å². The van der Waals surface area contributed by atoms with E-state index in [1.54, 1.807) is 51.7 Å². The molecular weight excluding hydrogens is 558 g/mol. The minimum absolute atomic E-state index is 0.106. The van der Waals surface area contributed by atoms with Crippen molar-refractivity contribution in [2.45, 2.75) is 73.6 Å². The van der Waals surface area contributed by atoms with Crippen molar-refractivity contribution in [3.05, 3.63) is 35.9 Å². The number of rotatable bonds is 8. The van der Waals surface area contributed by atoms with Gasteiger partial charge in [-0.3, -0.25) is 4.90 Å². The fraction of sp³-hybridized carbons (Fsp3) is 0.781. The van der Waals surface area contributed by atoms with Crippen LogP contribution < -0.4 is 0 Å². The number of benzene rings is 1. The van der Waals surface area contributed by atoms with E-state index < -0.39 is 82.4 Å². The summed E-state index contributed by atoms with van der Waals surface area (Å²) in [4.78, 5) is 15.8. The SMILES string of the molecule is CCN1CC2(COC)C(O)CC(OC)C34C5CC6(O)C(OC)C(O)C(O)(C5C6OC(=O)c5ccccc5)C(C(OC)C23)C14. The molecule has 238 valence electrons. The summed E-state index contributed by atoms with van der Waals surface area (Å²) in [5.74, 6) is -2.94. The van der Waals surface area contributed by atoms with Gasteiger partial charge in [-0.15, -0.1) is 0 Å². The summed E-state index contributed by atoms with van der Waals surface area (Å²) < 4.78 is 30.5. The van der Waals surface area contributed by atoms with Crippen LogP contribution in [0.2, 0.25) is 0 Å².